The van der Waals surface area contributed by atoms with E-state index in [1.165, 1.54) is 5.56 Å². The first-order valence-electron chi connectivity index (χ1n) is 6.48. The summed E-state index contributed by atoms with van der Waals surface area (Å²) in [6, 6.07) is 12.1. The zero-order chi connectivity index (χ0) is 13.8. The van der Waals surface area contributed by atoms with Crippen LogP contribution in [0.25, 0.3) is 17.1 Å². The maximum absolute atomic E-state index is 5.54. The van der Waals surface area contributed by atoms with E-state index in [1.807, 2.05) is 35.0 Å². The molecule has 1 aromatic carbocycles. The van der Waals surface area contributed by atoms with Gasteiger partial charge in [0, 0.05) is 18.0 Å². The highest BCUT2D eigenvalue weighted by Crippen LogP contribution is 2.17. The van der Waals surface area contributed by atoms with Crippen LogP contribution in [0.3, 0.4) is 0 Å². The Morgan fingerprint density at radius 1 is 1.00 bits per heavy atom. The largest absolute Gasteiger partial charge is 0.330 e. The van der Waals surface area contributed by atoms with Crippen molar-refractivity contribution in [3.05, 3.63) is 60.7 Å². The molecule has 0 saturated carbocycles. The minimum Gasteiger partial charge on any atom is -0.330 e. The third-order valence-corrected chi connectivity index (χ3v) is 3.10. The molecule has 0 amide bonds. The molecule has 0 aliphatic carbocycles. The molecule has 2 heterocycles. The predicted molar refractivity (Wildman–Crippen MR) is 84.6 cm³/mol. The Kier molecular flexibility index (Phi) is 5.03. The van der Waals surface area contributed by atoms with Crippen LogP contribution in [0.4, 0.5) is 0 Å². The molecule has 2 N–H and O–H groups in total. The highest BCUT2D eigenvalue weighted by atomic mass is 35.5. The second-order valence-electron chi connectivity index (χ2n) is 4.48. The molecule has 2 aromatic heterocycles. The Morgan fingerprint density at radius 2 is 1.81 bits per heavy atom. The van der Waals surface area contributed by atoms with Gasteiger partial charge in [-0.05, 0) is 30.7 Å². The van der Waals surface area contributed by atoms with Gasteiger partial charge in [-0.25, -0.2) is 4.98 Å². The van der Waals surface area contributed by atoms with Crippen LogP contribution >= 0.6 is 12.4 Å². The number of imidazole rings is 1. The summed E-state index contributed by atoms with van der Waals surface area (Å²) < 4.78 is 1.82. The lowest BCUT2D eigenvalue weighted by molar-refractivity contribution is 0.916. The van der Waals surface area contributed by atoms with Gasteiger partial charge in [0.2, 0.25) is 0 Å². The lowest BCUT2D eigenvalue weighted by Crippen LogP contribution is -2.02. The highest BCUT2D eigenvalue weighted by molar-refractivity contribution is 5.85. The van der Waals surface area contributed by atoms with Crippen LogP contribution in [0.1, 0.15) is 5.56 Å². The van der Waals surface area contributed by atoms with E-state index in [-0.39, 0.29) is 12.4 Å². The molecule has 21 heavy (non-hydrogen) atoms. The molecule has 6 heteroatoms. The molecule has 3 rings (SSSR count). The van der Waals surface area contributed by atoms with E-state index in [1.54, 1.807) is 12.5 Å². The molecule has 0 saturated heterocycles. The Morgan fingerprint density at radius 3 is 2.38 bits per heavy atom. The Balaban J connectivity index is 0.00000161. The fourth-order valence-electron chi connectivity index (χ4n) is 2.02. The van der Waals surface area contributed by atoms with E-state index in [2.05, 4.69) is 27.3 Å². The fourth-order valence-corrected chi connectivity index (χ4v) is 2.02. The van der Waals surface area contributed by atoms with Crippen molar-refractivity contribution >= 4 is 12.4 Å². The molecule has 5 nitrogen and oxygen atoms in total. The van der Waals surface area contributed by atoms with Crippen LogP contribution in [-0.4, -0.2) is 26.3 Å². The SMILES string of the molecule is Cl.NCCc1ccc(-c2ccc(-n3ccnc3)nn2)cc1. The predicted octanol–water partition coefficient (Wildman–Crippen LogP) is 2.25. The van der Waals surface area contributed by atoms with Crippen molar-refractivity contribution < 1.29 is 0 Å². The Hall–Kier alpha value is -2.24. The smallest absolute Gasteiger partial charge is 0.160 e. The third kappa shape index (κ3) is 3.45. The first-order valence-corrected chi connectivity index (χ1v) is 6.48. The van der Waals surface area contributed by atoms with Gasteiger partial charge < -0.3 is 5.73 Å². The summed E-state index contributed by atoms with van der Waals surface area (Å²) in [7, 11) is 0. The number of aromatic nitrogens is 4. The van der Waals surface area contributed by atoms with Crippen LogP contribution < -0.4 is 5.73 Å². The standard InChI is InChI=1S/C15H15N5.ClH/c16-8-7-12-1-3-13(4-2-12)14-5-6-15(19-18-14)20-10-9-17-11-20;/h1-6,9-11H,7-8,16H2;1H. The van der Waals surface area contributed by atoms with Gasteiger partial charge in [-0.15, -0.1) is 22.6 Å². The summed E-state index contributed by atoms with van der Waals surface area (Å²) in [6.07, 6.45) is 6.15. The van der Waals surface area contributed by atoms with E-state index in [4.69, 9.17) is 5.73 Å². The number of benzene rings is 1. The minimum absolute atomic E-state index is 0. The topological polar surface area (TPSA) is 69.6 Å². The van der Waals surface area contributed by atoms with Gasteiger partial charge in [0.15, 0.2) is 5.82 Å². The molecule has 0 fully saturated rings. The van der Waals surface area contributed by atoms with E-state index < -0.39 is 0 Å². The Labute approximate surface area is 129 Å². The van der Waals surface area contributed by atoms with Crippen molar-refractivity contribution in [3.8, 4) is 17.1 Å². The minimum atomic E-state index is 0. The normalized spacial score (nSPS) is 10.1. The van der Waals surface area contributed by atoms with Crippen molar-refractivity contribution in [1.82, 2.24) is 19.7 Å². The molecule has 0 aliphatic heterocycles. The van der Waals surface area contributed by atoms with Gasteiger partial charge in [-0.1, -0.05) is 24.3 Å². The zero-order valence-corrected chi connectivity index (χ0v) is 12.2. The highest BCUT2D eigenvalue weighted by Gasteiger charge is 2.02. The quantitative estimate of drug-likeness (QED) is 0.802. The first kappa shape index (κ1) is 15.2. The third-order valence-electron chi connectivity index (χ3n) is 3.10. The van der Waals surface area contributed by atoms with Gasteiger partial charge in [0.25, 0.3) is 0 Å². The van der Waals surface area contributed by atoms with Gasteiger partial charge in [-0.2, -0.15) is 0 Å². The molecule has 0 radical (unpaired) electrons. The summed E-state index contributed by atoms with van der Waals surface area (Å²) in [6.45, 7) is 0.665. The molecular weight excluding hydrogens is 286 g/mol. The monoisotopic (exact) mass is 301 g/mol. The zero-order valence-electron chi connectivity index (χ0n) is 11.4. The molecule has 0 spiro atoms. The van der Waals surface area contributed by atoms with E-state index in [0.717, 1.165) is 23.5 Å². The summed E-state index contributed by atoms with van der Waals surface area (Å²) in [4.78, 5) is 3.99. The summed E-state index contributed by atoms with van der Waals surface area (Å²) in [5.74, 6) is 0.756. The molecule has 3 aromatic rings. The fraction of sp³-hybridized carbons (Fsp3) is 0.133. The number of hydrogen-bond donors (Lipinski definition) is 1. The first-order chi connectivity index (χ1) is 9.86. The average molecular weight is 302 g/mol. The number of rotatable bonds is 4. The maximum Gasteiger partial charge on any atom is 0.160 e. The van der Waals surface area contributed by atoms with Gasteiger partial charge in [-0.3, -0.25) is 4.57 Å². The second kappa shape index (κ2) is 6.97. The molecule has 0 unspecified atom stereocenters. The van der Waals surface area contributed by atoms with E-state index >= 15 is 0 Å². The van der Waals surface area contributed by atoms with Gasteiger partial charge in [0.05, 0.1) is 5.69 Å². The lowest BCUT2D eigenvalue weighted by Gasteiger charge is -2.04. The van der Waals surface area contributed by atoms with Crippen LogP contribution in [0.5, 0.6) is 0 Å². The maximum atomic E-state index is 5.54. The van der Waals surface area contributed by atoms with E-state index in [9.17, 15) is 0 Å². The molecule has 0 bridgehead atoms. The number of hydrogen-bond acceptors (Lipinski definition) is 4. The van der Waals surface area contributed by atoms with Crippen LogP contribution in [0, 0.1) is 0 Å². The number of nitrogens with two attached hydrogens (primary N) is 1. The molecule has 108 valence electrons. The van der Waals surface area contributed by atoms with Gasteiger partial charge in [0.1, 0.15) is 6.33 Å². The number of nitrogens with zero attached hydrogens (tertiary/aromatic N) is 4. The van der Waals surface area contributed by atoms with Gasteiger partial charge >= 0.3 is 0 Å². The van der Waals surface area contributed by atoms with Crippen molar-refractivity contribution in [1.29, 1.82) is 0 Å². The second-order valence-corrected chi connectivity index (χ2v) is 4.48. The summed E-state index contributed by atoms with van der Waals surface area (Å²) in [5, 5.41) is 8.47. The molecule has 0 aliphatic rings. The summed E-state index contributed by atoms with van der Waals surface area (Å²) in [5.41, 5.74) is 8.68. The number of halogens is 1. The van der Waals surface area contributed by atoms with Crippen LogP contribution in [-0.2, 0) is 6.42 Å². The van der Waals surface area contributed by atoms with Crippen molar-refractivity contribution in [2.24, 2.45) is 5.73 Å². The van der Waals surface area contributed by atoms with E-state index in [0.29, 0.717) is 6.54 Å². The summed E-state index contributed by atoms with van der Waals surface area (Å²) >= 11 is 0. The average Bonchev–Trinajstić information content (AvgIpc) is 3.03. The molecular formula is C15H16ClN5. The van der Waals surface area contributed by atoms with Crippen molar-refractivity contribution in [2.45, 2.75) is 6.42 Å². The van der Waals surface area contributed by atoms with Crippen molar-refractivity contribution in [3.63, 3.8) is 0 Å². The Bertz CT molecular complexity index is 662. The van der Waals surface area contributed by atoms with Crippen LogP contribution in [0.2, 0.25) is 0 Å². The lowest BCUT2D eigenvalue weighted by atomic mass is 10.1. The van der Waals surface area contributed by atoms with Crippen LogP contribution in [0.15, 0.2) is 55.1 Å². The molecule has 0 atom stereocenters. The van der Waals surface area contributed by atoms with Crippen molar-refractivity contribution in [2.75, 3.05) is 6.54 Å².